The first kappa shape index (κ1) is 19.4. The predicted molar refractivity (Wildman–Crippen MR) is 106 cm³/mol. The third-order valence-corrected chi connectivity index (χ3v) is 5.07. The molecule has 0 bridgehead atoms. The van der Waals surface area contributed by atoms with E-state index in [4.69, 9.17) is 0 Å². The van der Waals surface area contributed by atoms with Crippen molar-refractivity contribution in [3.63, 3.8) is 0 Å². The van der Waals surface area contributed by atoms with E-state index in [0.717, 1.165) is 45.6 Å². The van der Waals surface area contributed by atoms with Crippen molar-refractivity contribution >= 4 is 6.03 Å². The average Bonchev–Trinajstić information content (AvgIpc) is 2.71. The molecule has 0 spiro atoms. The molecule has 3 rings (SSSR count). The van der Waals surface area contributed by atoms with Gasteiger partial charge in [-0.05, 0) is 43.0 Å². The van der Waals surface area contributed by atoms with Crippen molar-refractivity contribution < 1.29 is 9.18 Å². The van der Waals surface area contributed by atoms with Crippen molar-refractivity contribution in [3.05, 3.63) is 71.5 Å². The van der Waals surface area contributed by atoms with Crippen LogP contribution in [0.25, 0.3) is 0 Å². The molecule has 1 heterocycles. The zero-order valence-electron chi connectivity index (χ0n) is 15.7. The molecular formula is C22H28FN3O. The van der Waals surface area contributed by atoms with Crippen molar-refractivity contribution in [3.8, 4) is 0 Å². The van der Waals surface area contributed by atoms with Crippen LogP contribution in [0.3, 0.4) is 0 Å². The van der Waals surface area contributed by atoms with Gasteiger partial charge in [0.1, 0.15) is 5.82 Å². The Morgan fingerprint density at radius 3 is 2.37 bits per heavy atom. The number of nitrogens with one attached hydrogen (secondary N) is 1. The molecule has 1 aliphatic rings. The number of urea groups is 1. The number of piperazine rings is 1. The first-order valence-electron chi connectivity index (χ1n) is 9.75. The van der Waals surface area contributed by atoms with Gasteiger partial charge in [0.25, 0.3) is 0 Å². The Morgan fingerprint density at radius 1 is 0.926 bits per heavy atom. The number of hydrogen-bond acceptors (Lipinski definition) is 2. The zero-order valence-corrected chi connectivity index (χ0v) is 15.7. The molecule has 2 aromatic rings. The molecule has 0 atom stereocenters. The smallest absolute Gasteiger partial charge is 0.317 e. The number of carbonyl (C=O) groups excluding carboxylic acids is 1. The van der Waals surface area contributed by atoms with Gasteiger partial charge in [-0.1, -0.05) is 48.5 Å². The van der Waals surface area contributed by atoms with E-state index in [1.807, 2.05) is 17.0 Å². The summed E-state index contributed by atoms with van der Waals surface area (Å²) in [6, 6.07) is 17.2. The summed E-state index contributed by atoms with van der Waals surface area (Å²) in [5, 5.41) is 2.91. The molecule has 0 aliphatic carbocycles. The minimum absolute atomic E-state index is 0.0460. The molecule has 0 aromatic heterocycles. The summed E-state index contributed by atoms with van der Waals surface area (Å²) in [5.74, 6) is -0.212. The van der Waals surface area contributed by atoms with E-state index in [0.29, 0.717) is 18.5 Å². The van der Waals surface area contributed by atoms with Gasteiger partial charge >= 0.3 is 6.03 Å². The summed E-state index contributed by atoms with van der Waals surface area (Å²) in [6.45, 7) is 4.84. The highest BCUT2D eigenvalue weighted by molar-refractivity contribution is 5.74. The minimum atomic E-state index is -0.212. The van der Waals surface area contributed by atoms with Gasteiger partial charge in [-0.15, -0.1) is 0 Å². The van der Waals surface area contributed by atoms with Crippen LogP contribution in [0.2, 0.25) is 0 Å². The normalized spacial score (nSPS) is 14.9. The maximum Gasteiger partial charge on any atom is 0.317 e. The van der Waals surface area contributed by atoms with Gasteiger partial charge in [0.05, 0.1) is 0 Å². The molecule has 1 saturated heterocycles. The Morgan fingerprint density at radius 2 is 1.63 bits per heavy atom. The van der Waals surface area contributed by atoms with E-state index in [1.54, 1.807) is 12.1 Å². The molecule has 0 saturated carbocycles. The maximum absolute atomic E-state index is 13.6. The summed E-state index contributed by atoms with van der Waals surface area (Å²) >= 11 is 0. The Kier molecular flexibility index (Phi) is 7.22. The second-order valence-electron chi connectivity index (χ2n) is 6.99. The van der Waals surface area contributed by atoms with Crippen LogP contribution in [0, 0.1) is 5.82 Å². The van der Waals surface area contributed by atoms with Gasteiger partial charge in [-0.3, -0.25) is 4.90 Å². The molecule has 0 unspecified atom stereocenters. The monoisotopic (exact) mass is 369 g/mol. The number of hydrogen-bond donors (Lipinski definition) is 1. The Bertz CT molecular complexity index is 715. The van der Waals surface area contributed by atoms with Crippen LogP contribution >= 0.6 is 0 Å². The Hall–Kier alpha value is -2.40. The SMILES string of the molecule is O=C(NCCc1ccccc1F)N1CCN(CCCc2ccccc2)CC1. The lowest BCUT2D eigenvalue weighted by molar-refractivity contribution is 0.138. The van der Waals surface area contributed by atoms with Crippen LogP contribution in [0.1, 0.15) is 17.5 Å². The molecule has 2 amide bonds. The van der Waals surface area contributed by atoms with Crippen LogP contribution in [0.5, 0.6) is 0 Å². The van der Waals surface area contributed by atoms with Crippen LogP contribution < -0.4 is 5.32 Å². The molecule has 1 aliphatic heterocycles. The lowest BCUT2D eigenvalue weighted by atomic mass is 10.1. The highest BCUT2D eigenvalue weighted by atomic mass is 19.1. The van der Waals surface area contributed by atoms with Crippen molar-refractivity contribution in [1.82, 2.24) is 15.1 Å². The van der Waals surface area contributed by atoms with Gasteiger partial charge < -0.3 is 10.2 Å². The minimum Gasteiger partial charge on any atom is -0.338 e. The molecule has 4 nitrogen and oxygen atoms in total. The fraction of sp³-hybridized carbons (Fsp3) is 0.409. The molecule has 5 heteroatoms. The third kappa shape index (κ3) is 6.07. The quantitative estimate of drug-likeness (QED) is 0.813. The second-order valence-corrected chi connectivity index (χ2v) is 6.99. The first-order valence-corrected chi connectivity index (χ1v) is 9.75. The summed E-state index contributed by atoms with van der Waals surface area (Å²) in [5.41, 5.74) is 2.02. The topological polar surface area (TPSA) is 35.6 Å². The number of nitrogens with zero attached hydrogens (tertiary/aromatic N) is 2. The number of aryl methyl sites for hydroxylation is 1. The Labute approximate surface area is 161 Å². The zero-order chi connectivity index (χ0) is 18.9. The lowest BCUT2D eigenvalue weighted by Crippen LogP contribution is -2.52. The molecule has 1 N–H and O–H groups in total. The number of rotatable bonds is 7. The van der Waals surface area contributed by atoms with Crippen LogP contribution in [-0.4, -0.2) is 55.1 Å². The molecule has 2 aromatic carbocycles. The fourth-order valence-corrected chi connectivity index (χ4v) is 3.44. The maximum atomic E-state index is 13.6. The molecular weight excluding hydrogens is 341 g/mol. The van der Waals surface area contributed by atoms with Gasteiger partial charge in [0.2, 0.25) is 0 Å². The van der Waals surface area contributed by atoms with E-state index in [9.17, 15) is 9.18 Å². The van der Waals surface area contributed by atoms with Gasteiger partial charge in [0.15, 0.2) is 0 Å². The van der Waals surface area contributed by atoms with Gasteiger partial charge in [0, 0.05) is 32.7 Å². The standard InChI is InChI=1S/C22H28FN3O/c23-21-11-5-4-10-20(21)12-13-24-22(27)26-17-15-25(16-18-26)14-6-9-19-7-2-1-3-8-19/h1-5,7-8,10-11H,6,9,12-18H2,(H,24,27). The highest BCUT2D eigenvalue weighted by Gasteiger charge is 2.20. The molecule has 0 radical (unpaired) electrons. The van der Waals surface area contributed by atoms with E-state index in [-0.39, 0.29) is 11.8 Å². The first-order chi connectivity index (χ1) is 13.2. The van der Waals surface area contributed by atoms with Gasteiger partial charge in [-0.2, -0.15) is 0 Å². The largest absolute Gasteiger partial charge is 0.338 e. The van der Waals surface area contributed by atoms with Crippen LogP contribution in [0.4, 0.5) is 9.18 Å². The summed E-state index contributed by atoms with van der Waals surface area (Å²) in [6.07, 6.45) is 2.74. The van der Waals surface area contributed by atoms with Gasteiger partial charge in [-0.25, -0.2) is 9.18 Å². The average molecular weight is 369 g/mol. The summed E-state index contributed by atoms with van der Waals surface area (Å²) in [7, 11) is 0. The number of carbonyl (C=O) groups is 1. The second kappa shape index (κ2) is 10.1. The molecule has 1 fully saturated rings. The number of amides is 2. The van der Waals surface area contributed by atoms with Crippen LogP contribution in [-0.2, 0) is 12.8 Å². The number of benzene rings is 2. The van der Waals surface area contributed by atoms with E-state index in [2.05, 4.69) is 34.5 Å². The van der Waals surface area contributed by atoms with Crippen molar-refractivity contribution in [2.45, 2.75) is 19.3 Å². The summed E-state index contributed by atoms with van der Waals surface area (Å²) in [4.78, 5) is 16.6. The number of halogens is 1. The fourth-order valence-electron chi connectivity index (χ4n) is 3.44. The molecule has 144 valence electrons. The Balaban J connectivity index is 1.31. The third-order valence-electron chi connectivity index (χ3n) is 5.07. The summed E-state index contributed by atoms with van der Waals surface area (Å²) < 4.78 is 13.6. The van der Waals surface area contributed by atoms with E-state index in [1.165, 1.54) is 11.6 Å². The highest BCUT2D eigenvalue weighted by Crippen LogP contribution is 2.08. The predicted octanol–water partition coefficient (Wildman–Crippen LogP) is 3.33. The molecule has 27 heavy (non-hydrogen) atoms. The van der Waals surface area contributed by atoms with Crippen LogP contribution in [0.15, 0.2) is 54.6 Å². The van der Waals surface area contributed by atoms with Crippen molar-refractivity contribution in [2.24, 2.45) is 0 Å². The van der Waals surface area contributed by atoms with E-state index >= 15 is 0 Å². The lowest BCUT2D eigenvalue weighted by Gasteiger charge is -2.34. The van der Waals surface area contributed by atoms with Crippen molar-refractivity contribution in [2.75, 3.05) is 39.3 Å². The van der Waals surface area contributed by atoms with E-state index < -0.39 is 0 Å². The van der Waals surface area contributed by atoms with Crippen molar-refractivity contribution in [1.29, 1.82) is 0 Å².